The minimum atomic E-state index is -5.08. The van der Waals surface area contributed by atoms with Crippen LogP contribution in [-0.4, -0.2) is 57.4 Å². The summed E-state index contributed by atoms with van der Waals surface area (Å²) in [7, 11) is 0. The molecule has 1 saturated heterocycles. The Morgan fingerprint density at radius 2 is 1.62 bits per heavy atom. The van der Waals surface area contributed by atoms with Crippen molar-refractivity contribution in [2.45, 2.75) is 95.5 Å². The lowest BCUT2D eigenvalue weighted by Gasteiger charge is -2.40. The number of carbonyl (C=O) groups is 1. The quantitative estimate of drug-likeness (QED) is 0.234. The molecule has 10 nitrogen and oxygen atoms in total. The van der Waals surface area contributed by atoms with Crippen molar-refractivity contribution in [3.63, 3.8) is 0 Å². The summed E-state index contributed by atoms with van der Waals surface area (Å²) < 4.78 is 140. The molecule has 50 heavy (non-hydrogen) atoms. The third kappa shape index (κ3) is 8.08. The van der Waals surface area contributed by atoms with Crippen molar-refractivity contribution in [1.82, 2.24) is 20.2 Å². The zero-order chi connectivity index (χ0) is 36.8. The molecule has 3 heterocycles. The highest BCUT2D eigenvalue weighted by Crippen LogP contribution is 2.43. The summed E-state index contributed by atoms with van der Waals surface area (Å²) in [6.07, 6.45) is -16.5. The van der Waals surface area contributed by atoms with Gasteiger partial charge in [-0.1, -0.05) is 12.0 Å². The predicted octanol–water partition coefficient (Wildman–Crippen LogP) is 7.96. The molecule has 1 N–H and O–H groups in total. The SMILES string of the molecule is CCOC(=O)N1c2ccc(C(F)(F)F)cc2[C@@H](Nc2nnn(C(Cc3cc(C(F)(F)F)cc(C(F)(F)F)c3)C3COC(C)(C)O3)n2)C[C@H]1CC. The van der Waals surface area contributed by atoms with Gasteiger partial charge in [0.05, 0.1) is 41.6 Å². The van der Waals surface area contributed by atoms with Crippen LogP contribution in [0.25, 0.3) is 0 Å². The van der Waals surface area contributed by atoms with Gasteiger partial charge in [-0.15, -0.1) is 5.10 Å². The topological polar surface area (TPSA) is 104 Å². The van der Waals surface area contributed by atoms with Crippen LogP contribution in [0, 0.1) is 0 Å². The van der Waals surface area contributed by atoms with E-state index >= 15 is 0 Å². The summed E-state index contributed by atoms with van der Waals surface area (Å²) in [6.45, 7) is 6.42. The van der Waals surface area contributed by atoms with Gasteiger partial charge < -0.3 is 19.5 Å². The standard InChI is InChI=1S/C31H33F9N6O4/c1-5-20-14-22(21-13-17(29(32,33)34)7-8-23(21)45(20)27(47)48-6-2)41-26-42-44-46(43-26)24(25-15-49-28(3,4)50-25)11-16-9-18(30(35,36)37)12-19(10-16)31(38,39)40/h7-10,12-13,20,22,24-25H,5-6,11,14-15H2,1-4H3,(H,41,43)/t20-,22+,24?,25?/m1/s1. The fourth-order valence-corrected chi connectivity index (χ4v) is 6.08. The number of nitrogens with zero attached hydrogens (tertiary/aromatic N) is 5. The summed E-state index contributed by atoms with van der Waals surface area (Å²) >= 11 is 0. The van der Waals surface area contributed by atoms with Gasteiger partial charge in [0.2, 0.25) is 0 Å². The first kappa shape index (κ1) is 37.1. The number of tetrazole rings is 1. The van der Waals surface area contributed by atoms with Crippen molar-refractivity contribution in [3.05, 3.63) is 64.2 Å². The van der Waals surface area contributed by atoms with E-state index in [-0.39, 0.29) is 48.5 Å². The van der Waals surface area contributed by atoms with E-state index in [1.807, 2.05) is 0 Å². The van der Waals surface area contributed by atoms with E-state index < -0.39 is 77.7 Å². The van der Waals surface area contributed by atoms with Crippen LogP contribution in [0.1, 0.15) is 80.4 Å². The number of benzene rings is 2. The molecule has 0 radical (unpaired) electrons. The number of rotatable bonds is 8. The number of hydrogen-bond donors (Lipinski definition) is 1. The Morgan fingerprint density at radius 3 is 2.16 bits per heavy atom. The van der Waals surface area contributed by atoms with Gasteiger partial charge in [0.25, 0.3) is 5.95 Å². The normalized spacial score (nSPS) is 21.5. The second kappa shape index (κ2) is 13.5. The minimum Gasteiger partial charge on any atom is -0.449 e. The Morgan fingerprint density at radius 1 is 0.980 bits per heavy atom. The molecule has 2 unspecified atom stereocenters. The molecule has 2 aromatic carbocycles. The molecule has 4 atom stereocenters. The monoisotopic (exact) mass is 724 g/mol. The number of alkyl halides is 9. The molecule has 2 aliphatic heterocycles. The Hall–Kier alpha value is -4.13. The van der Waals surface area contributed by atoms with Gasteiger partial charge in [-0.2, -0.15) is 44.3 Å². The molecule has 1 fully saturated rings. The Labute approximate surface area is 279 Å². The molecule has 1 amide bonds. The van der Waals surface area contributed by atoms with Gasteiger partial charge in [0, 0.05) is 6.04 Å². The van der Waals surface area contributed by atoms with E-state index in [9.17, 15) is 44.3 Å². The number of nitrogens with one attached hydrogen (secondary N) is 1. The second-order valence-corrected chi connectivity index (χ2v) is 12.3. The molecule has 5 rings (SSSR count). The molecule has 0 aliphatic carbocycles. The average molecular weight is 725 g/mol. The number of carbonyl (C=O) groups excluding carboxylic acids is 1. The highest BCUT2D eigenvalue weighted by Gasteiger charge is 2.43. The smallest absolute Gasteiger partial charge is 0.416 e. The van der Waals surface area contributed by atoms with Gasteiger partial charge in [-0.3, -0.25) is 4.90 Å². The van der Waals surface area contributed by atoms with Crippen molar-refractivity contribution >= 4 is 17.7 Å². The van der Waals surface area contributed by atoms with E-state index in [0.29, 0.717) is 18.6 Å². The van der Waals surface area contributed by atoms with E-state index in [2.05, 4.69) is 20.7 Å². The predicted molar refractivity (Wildman–Crippen MR) is 158 cm³/mol. The highest BCUT2D eigenvalue weighted by molar-refractivity contribution is 5.90. The molecule has 0 saturated carbocycles. The maximum atomic E-state index is 13.8. The van der Waals surface area contributed by atoms with Crippen molar-refractivity contribution in [3.8, 4) is 0 Å². The van der Waals surface area contributed by atoms with E-state index in [1.165, 1.54) is 11.0 Å². The zero-order valence-electron chi connectivity index (χ0n) is 27.1. The summed E-state index contributed by atoms with van der Waals surface area (Å²) in [5.74, 6) is -1.36. The molecular formula is C31H33F9N6O4. The van der Waals surface area contributed by atoms with Gasteiger partial charge in [-0.05, 0) is 92.8 Å². The van der Waals surface area contributed by atoms with Crippen molar-refractivity contribution in [2.24, 2.45) is 0 Å². The molecule has 274 valence electrons. The summed E-state index contributed by atoms with van der Waals surface area (Å²) in [4.78, 5) is 15.2. The summed E-state index contributed by atoms with van der Waals surface area (Å²) in [5, 5.41) is 15.2. The highest BCUT2D eigenvalue weighted by atomic mass is 19.4. The zero-order valence-corrected chi connectivity index (χ0v) is 27.1. The van der Waals surface area contributed by atoms with Crippen LogP contribution in [-0.2, 0) is 39.2 Å². The summed E-state index contributed by atoms with van der Waals surface area (Å²) in [5.41, 5.74) is -4.07. The number of halogens is 9. The first-order chi connectivity index (χ1) is 23.2. The maximum absolute atomic E-state index is 13.8. The van der Waals surface area contributed by atoms with E-state index in [4.69, 9.17) is 14.2 Å². The molecule has 0 bridgehead atoms. The first-order valence-electron chi connectivity index (χ1n) is 15.5. The molecule has 1 aromatic heterocycles. The molecule has 2 aliphatic rings. The Bertz CT molecular complexity index is 1660. The third-order valence-electron chi connectivity index (χ3n) is 8.38. The van der Waals surface area contributed by atoms with Crippen LogP contribution in [0.5, 0.6) is 0 Å². The number of hydrogen-bond acceptors (Lipinski definition) is 8. The van der Waals surface area contributed by atoms with E-state index in [1.54, 1.807) is 27.7 Å². The van der Waals surface area contributed by atoms with Crippen LogP contribution in [0.4, 0.5) is 55.9 Å². The van der Waals surface area contributed by atoms with Crippen molar-refractivity contribution < 1.29 is 58.5 Å². The number of aromatic nitrogens is 4. The summed E-state index contributed by atoms with van der Waals surface area (Å²) in [6, 6.07) is 1.59. The van der Waals surface area contributed by atoms with Gasteiger partial charge in [0.1, 0.15) is 12.1 Å². The largest absolute Gasteiger partial charge is 0.449 e. The average Bonchev–Trinajstić information content (AvgIpc) is 3.63. The van der Waals surface area contributed by atoms with Crippen LogP contribution in [0.2, 0.25) is 0 Å². The Kier molecular flexibility index (Phi) is 10.1. The lowest BCUT2D eigenvalue weighted by atomic mass is 9.89. The molecule has 19 heteroatoms. The molecule has 0 spiro atoms. The number of ether oxygens (including phenoxy) is 3. The van der Waals surface area contributed by atoms with Crippen molar-refractivity contribution in [1.29, 1.82) is 0 Å². The number of anilines is 2. The van der Waals surface area contributed by atoms with Crippen LogP contribution in [0.3, 0.4) is 0 Å². The minimum absolute atomic E-state index is 0.0192. The van der Waals surface area contributed by atoms with Crippen LogP contribution < -0.4 is 10.2 Å². The number of amides is 1. The first-order valence-corrected chi connectivity index (χ1v) is 15.5. The van der Waals surface area contributed by atoms with Crippen LogP contribution >= 0.6 is 0 Å². The second-order valence-electron chi connectivity index (χ2n) is 12.3. The van der Waals surface area contributed by atoms with Crippen molar-refractivity contribution in [2.75, 3.05) is 23.4 Å². The fraction of sp³-hybridized carbons (Fsp3) is 0.548. The lowest BCUT2D eigenvalue weighted by molar-refractivity contribution is -0.144. The molecule has 3 aromatic rings. The molecular weight excluding hydrogens is 691 g/mol. The number of fused-ring (bicyclic) bond motifs is 1. The van der Waals surface area contributed by atoms with Crippen LogP contribution in [0.15, 0.2) is 36.4 Å². The Balaban J connectivity index is 1.51. The third-order valence-corrected chi connectivity index (χ3v) is 8.38. The van der Waals surface area contributed by atoms with Gasteiger partial charge in [0.15, 0.2) is 5.79 Å². The maximum Gasteiger partial charge on any atom is 0.416 e. The van der Waals surface area contributed by atoms with E-state index in [0.717, 1.165) is 16.9 Å². The van der Waals surface area contributed by atoms with Gasteiger partial charge in [-0.25, -0.2) is 4.79 Å². The van der Waals surface area contributed by atoms with Gasteiger partial charge >= 0.3 is 24.6 Å². The fourth-order valence-electron chi connectivity index (χ4n) is 6.08. The lowest BCUT2D eigenvalue weighted by Crippen LogP contribution is -2.46.